The van der Waals surface area contributed by atoms with Crippen molar-refractivity contribution in [3.8, 4) is 0 Å². The standard InChI is InChI=1S/C14H20N2O4/c1-3-6-16(10-4-5-10)14(19)15-8-11-7-12(13(17)18)9(2)20-11/h7,10H,3-6,8H2,1-2H3,(H,15,19)(H,17,18). The van der Waals surface area contributed by atoms with Gasteiger partial charge in [-0.25, -0.2) is 9.59 Å². The summed E-state index contributed by atoms with van der Waals surface area (Å²) in [4.78, 5) is 24.8. The molecule has 1 aromatic heterocycles. The fourth-order valence-corrected chi connectivity index (χ4v) is 2.18. The molecule has 1 aliphatic rings. The second-order valence-electron chi connectivity index (χ2n) is 5.07. The number of carbonyl (C=O) groups excluding carboxylic acids is 1. The van der Waals surface area contributed by atoms with Crippen molar-refractivity contribution in [3.63, 3.8) is 0 Å². The number of carboxylic acid groups (broad SMARTS) is 1. The summed E-state index contributed by atoms with van der Waals surface area (Å²) in [6.45, 7) is 4.59. The number of hydrogen-bond donors (Lipinski definition) is 2. The summed E-state index contributed by atoms with van der Waals surface area (Å²) >= 11 is 0. The predicted molar refractivity (Wildman–Crippen MR) is 72.7 cm³/mol. The first kappa shape index (κ1) is 14.4. The number of hydrogen-bond acceptors (Lipinski definition) is 3. The molecule has 0 bridgehead atoms. The third-order valence-corrected chi connectivity index (χ3v) is 3.33. The molecule has 1 heterocycles. The first-order valence-electron chi connectivity index (χ1n) is 6.90. The Morgan fingerprint density at radius 2 is 2.20 bits per heavy atom. The van der Waals surface area contributed by atoms with Crippen LogP contribution in [0.3, 0.4) is 0 Å². The summed E-state index contributed by atoms with van der Waals surface area (Å²) in [5.41, 5.74) is 0.141. The number of carboxylic acids is 1. The SMILES string of the molecule is CCCN(C(=O)NCc1cc(C(=O)O)c(C)o1)C1CC1. The van der Waals surface area contributed by atoms with Gasteiger partial charge in [0.2, 0.25) is 0 Å². The van der Waals surface area contributed by atoms with E-state index in [2.05, 4.69) is 5.32 Å². The van der Waals surface area contributed by atoms with Crippen molar-refractivity contribution in [2.24, 2.45) is 0 Å². The van der Waals surface area contributed by atoms with Gasteiger partial charge in [0.05, 0.1) is 6.54 Å². The van der Waals surface area contributed by atoms with Crippen LogP contribution in [0.15, 0.2) is 10.5 Å². The molecule has 1 aliphatic carbocycles. The largest absolute Gasteiger partial charge is 0.478 e. The molecule has 1 fully saturated rings. The molecular weight excluding hydrogens is 260 g/mol. The first-order chi connectivity index (χ1) is 9.52. The number of amides is 2. The monoisotopic (exact) mass is 280 g/mol. The highest BCUT2D eigenvalue weighted by Crippen LogP contribution is 2.27. The van der Waals surface area contributed by atoms with Crippen LogP contribution in [0.5, 0.6) is 0 Å². The summed E-state index contributed by atoms with van der Waals surface area (Å²) in [6.07, 6.45) is 3.06. The van der Waals surface area contributed by atoms with E-state index >= 15 is 0 Å². The highest BCUT2D eigenvalue weighted by molar-refractivity contribution is 5.88. The van der Waals surface area contributed by atoms with Crippen molar-refractivity contribution < 1.29 is 19.1 Å². The number of aryl methyl sites for hydroxylation is 1. The molecule has 2 rings (SSSR count). The lowest BCUT2D eigenvalue weighted by Crippen LogP contribution is -2.41. The molecule has 0 spiro atoms. The molecule has 20 heavy (non-hydrogen) atoms. The van der Waals surface area contributed by atoms with Crippen molar-refractivity contribution in [1.82, 2.24) is 10.2 Å². The van der Waals surface area contributed by atoms with Crippen LogP contribution in [0.4, 0.5) is 4.79 Å². The van der Waals surface area contributed by atoms with Crippen molar-refractivity contribution in [2.45, 2.75) is 45.7 Å². The summed E-state index contributed by atoms with van der Waals surface area (Å²) < 4.78 is 5.33. The van der Waals surface area contributed by atoms with Crippen LogP contribution < -0.4 is 5.32 Å². The Kier molecular flexibility index (Phi) is 4.32. The van der Waals surface area contributed by atoms with E-state index in [1.54, 1.807) is 6.92 Å². The zero-order valence-corrected chi connectivity index (χ0v) is 11.8. The van der Waals surface area contributed by atoms with Gasteiger partial charge in [0.25, 0.3) is 0 Å². The minimum atomic E-state index is -1.02. The summed E-state index contributed by atoms with van der Waals surface area (Å²) in [5.74, 6) is -0.204. The molecule has 2 amide bonds. The average Bonchev–Trinajstić information content (AvgIpc) is 3.16. The van der Waals surface area contributed by atoms with Crippen molar-refractivity contribution >= 4 is 12.0 Å². The van der Waals surface area contributed by atoms with Gasteiger partial charge in [0.1, 0.15) is 17.1 Å². The molecular formula is C14H20N2O4. The molecule has 0 saturated heterocycles. The van der Waals surface area contributed by atoms with Crippen LogP contribution in [-0.2, 0) is 6.54 Å². The van der Waals surface area contributed by atoms with E-state index in [1.807, 2.05) is 11.8 Å². The molecule has 1 saturated carbocycles. The third-order valence-electron chi connectivity index (χ3n) is 3.33. The van der Waals surface area contributed by atoms with Crippen molar-refractivity contribution in [3.05, 3.63) is 23.2 Å². The molecule has 110 valence electrons. The minimum absolute atomic E-state index is 0.111. The van der Waals surface area contributed by atoms with E-state index in [-0.39, 0.29) is 18.1 Å². The normalized spacial score (nSPS) is 14.1. The zero-order valence-electron chi connectivity index (χ0n) is 11.8. The van der Waals surface area contributed by atoms with Crippen LogP contribution in [0.1, 0.15) is 48.1 Å². The van der Waals surface area contributed by atoms with Crippen LogP contribution >= 0.6 is 0 Å². The maximum Gasteiger partial charge on any atom is 0.339 e. The van der Waals surface area contributed by atoms with Crippen molar-refractivity contribution in [1.29, 1.82) is 0 Å². The fourth-order valence-electron chi connectivity index (χ4n) is 2.18. The van der Waals surface area contributed by atoms with E-state index in [9.17, 15) is 9.59 Å². The smallest absolute Gasteiger partial charge is 0.339 e. The minimum Gasteiger partial charge on any atom is -0.478 e. The molecule has 1 aromatic rings. The number of carbonyl (C=O) groups is 2. The second kappa shape index (κ2) is 5.98. The molecule has 0 radical (unpaired) electrons. The lowest BCUT2D eigenvalue weighted by atomic mass is 10.2. The Labute approximate surface area is 117 Å². The van der Waals surface area contributed by atoms with E-state index < -0.39 is 5.97 Å². The van der Waals surface area contributed by atoms with Gasteiger partial charge in [-0.05, 0) is 32.3 Å². The average molecular weight is 280 g/mol. The Bertz CT molecular complexity index is 505. The zero-order chi connectivity index (χ0) is 14.7. The number of rotatable bonds is 6. The predicted octanol–water partition coefficient (Wildman–Crippen LogP) is 2.37. The van der Waals surface area contributed by atoms with Gasteiger partial charge in [-0.1, -0.05) is 6.92 Å². The Morgan fingerprint density at radius 1 is 1.50 bits per heavy atom. The summed E-state index contributed by atoms with van der Waals surface area (Å²) in [6, 6.07) is 1.71. The van der Waals surface area contributed by atoms with E-state index in [4.69, 9.17) is 9.52 Å². The number of aromatic carboxylic acids is 1. The Hall–Kier alpha value is -1.98. The lowest BCUT2D eigenvalue weighted by Gasteiger charge is -2.21. The second-order valence-corrected chi connectivity index (χ2v) is 5.07. The molecule has 0 atom stereocenters. The number of nitrogens with zero attached hydrogens (tertiary/aromatic N) is 1. The number of urea groups is 1. The molecule has 0 unspecified atom stereocenters. The van der Waals surface area contributed by atoms with Crippen LogP contribution in [0.25, 0.3) is 0 Å². The van der Waals surface area contributed by atoms with Crippen LogP contribution in [-0.4, -0.2) is 34.6 Å². The quantitative estimate of drug-likeness (QED) is 0.838. The fraction of sp³-hybridized carbons (Fsp3) is 0.571. The van der Waals surface area contributed by atoms with Gasteiger partial charge in [-0.3, -0.25) is 0 Å². The van der Waals surface area contributed by atoms with Gasteiger partial charge in [-0.15, -0.1) is 0 Å². The number of furan rings is 1. The Balaban J connectivity index is 1.92. The van der Waals surface area contributed by atoms with E-state index in [0.717, 1.165) is 25.8 Å². The lowest BCUT2D eigenvalue weighted by molar-refractivity contribution is 0.0695. The van der Waals surface area contributed by atoms with Crippen LogP contribution in [0, 0.1) is 6.92 Å². The van der Waals surface area contributed by atoms with Gasteiger partial charge in [0.15, 0.2) is 0 Å². The topological polar surface area (TPSA) is 82.8 Å². The van der Waals surface area contributed by atoms with Gasteiger partial charge >= 0.3 is 12.0 Å². The molecule has 6 heteroatoms. The maximum absolute atomic E-state index is 12.1. The highest BCUT2D eigenvalue weighted by Gasteiger charge is 2.31. The highest BCUT2D eigenvalue weighted by atomic mass is 16.4. The van der Waals surface area contributed by atoms with Gasteiger partial charge < -0.3 is 19.7 Å². The van der Waals surface area contributed by atoms with Gasteiger partial charge in [0, 0.05) is 12.6 Å². The maximum atomic E-state index is 12.1. The third kappa shape index (κ3) is 3.31. The molecule has 6 nitrogen and oxygen atoms in total. The van der Waals surface area contributed by atoms with Crippen LogP contribution in [0.2, 0.25) is 0 Å². The molecule has 0 aliphatic heterocycles. The van der Waals surface area contributed by atoms with Gasteiger partial charge in [-0.2, -0.15) is 0 Å². The first-order valence-corrected chi connectivity index (χ1v) is 6.90. The van der Waals surface area contributed by atoms with E-state index in [0.29, 0.717) is 17.6 Å². The van der Waals surface area contributed by atoms with Crippen molar-refractivity contribution in [2.75, 3.05) is 6.54 Å². The molecule has 2 N–H and O–H groups in total. The summed E-state index contributed by atoms with van der Waals surface area (Å²) in [7, 11) is 0. The van der Waals surface area contributed by atoms with E-state index in [1.165, 1.54) is 6.07 Å². The summed E-state index contributed by atoms with van der Waals surface area (Å²) in [5, 5.41) is 11.7. The Morgan fingerprint density at radius 3 is 2.70 bits per heavy atom. The molecule has 0 aromatic carbocycles. The number of nitrogens with one attached hydrogen (secondary N) is 1.